The summed E-state index contributed by atoms with van der Waals surface area (Å²) in [5, 5.41) is 27.8. The van der Waals surface area contributed by atoms with Crippen LogP contribution in [0.4, 0.5) is 11.4 Å². The van der Waals surface area contributed by atoms with Gasteiger partial charge in [-0.05, 0) is 12.5 Å². The minimum Gasteiger partial charge on any atom is -0.301 e. The number of halogens is 1. The lowest BCUT2D eigenvalue weighted by molar-refractivity contribution is -0.394. The number of nitro groups is 2. The fourth-order valence-corrected chi connectivity index (χ4v) is 3.76. The first kappa shape index (κ1) is 20.7. The van der Waals surface area contributed by atoms with Gasteiger partial charge in [-0.2, -0.15) is 0 Å². The first-order chi connectivity index (χ1) is 11.3. The molecule has 0 spiro atoms. The molecule has 0 aliphatic carbocycles. The molecule has 0 radical (unpaired) electrons. The lowest BCUT2D eigenvalue weighted by Gasteiger charge is -2.20. The van der Waals surface area contributed by atoms with Gasteiger partial charge in [0.05, 0.1) is 28.1 Å². The van der Waals surface area contributed by atoms with Crippen molar-refractivity contribution in [3.8, 4) is 0 Å². The van der Waals surface area contributed by atoms with Crippen molar-refractivity contribution in [1.82, 2.24) is 10.2 Å². The summed E-state index contributed by atoms with van der Waals surface area (Å²) >= 11 is 3.20. The van der Waals surface area contributed by atoms with E-state index < -0.39 is 28.9 Å². The molecule has 1 aromatic carbocycles. The average molecular weight is 425 g/mol. The molecule has 0 heterocycles. The van der Waals surface area contributed by atoms with Crippen molar-refractivity contribution in [1.29, 1.82) is 0 Å². The zero-order valence-corrected chi connectivity index (χ0v) is 15.4. The minimum atomic E-state index is -3.39. The topological polar surface area (TPSA) is 137 Å². The quantitative estimate of drug-likeness (QED) is 0.239. The molecular formula is C12H18BrN4O6P. The van der Waals surface area contributed by atoms with Gasteiger partial charge in [-0.15, -0.1) is 0 Å². The van der Waals surface area contributed by atoms with Gasteiger partial charge < -0.3 is 4.52 Å². The van der Waals surface area contributed by atoms with Crippen LogP contribution in [-0.2, 0) is 15.7 Å². The normalized spacial score (nSPS) is 13.4. The van der Waals surface area contributed by atoms with E-state index in [2.05, 4.69) is 26.1 Å². The Morgan fingerprint density at radius 3 is 2.42 bits per heavy atom. The average Bonchev–Trinajstić information content (AvgIpc) is 2.56. The maximum atomic E-state index is 12.6. The monoisotopic (exact) mass is 424 g/mol. The fraction of sp³-hybridized carbons (Fsp3) is 0.500. The van der Waals surface area contributed by atoms with Crippen LogP contribution in [0.15, 0.2) is 18.2 Å². The van der Waals surface area contributed by atoms with Crippen LogP contribution < -0.4 is 10.2 Å². The molecule has 0 bridgehead atoms. The van der Waals surface area contributed by atoms with Gasteiger partial charge in [-0.25, -0.2) is 10.2 Å². The van der Waals surface area contributed by atoms with E-state index in [4.69, 9.17) is 4.52 Å². The number of non-ortho nitro benzene ring substituents is 1. The zero-order valence-electron chi connectivity index (χ0n) is 12.9. The number of rotatable bonds is 11. The number of nitrogens with one attached hydrogen (secondary N) is 2. The molecule has 12 heteroatoms. The van der Waals surface area contributed by atoms with Crippen molar-refractivity contribution in [2.24, 2.45) is 0 Å². The molecule has 1 aromatic rings. The molecule has 0 saturated heterocycles. The number of hydrogen-bond donors (Lipinski definition) is 2. The Morgan fingerprint density at radius 1 is 1.21 bits per heavy atom. The number of nitro benzene ring substituents is 2. The molecule has 0 fully saturated rings. The summed E-state index contributed by atoms with van der Waals surface area (Å²) in [6.07, 6.45) is 0.723. The van der Waals surface area contributed by atoms with E-state index in [1.54, 1.807) is 0 Å². The van der Waals surface area contributed by atoms with Crippen molar-refractivity contribution in [3.63, 3.8) is 0 Å². The number of nitrogens with zero attached hydrogens (tertiary/aromatic N) is 2. The van der Waals surface area contributed by atoms with Gasteiger partial charge >= 0.3 is 7.67 Å². The molecule has 10 nitrogen and oxygen atoms in total. The minimum absolute atomic E-state index is 0.102. The van der Waals surface area contributed by atoms with Gasteiger partial charge in [0.2, 0.25) is 0 Å². The number of hydrogen-bond acceptors (Lipinski definition) is 6. The van der Waals surface area contributed by atoms with Gasteiger partial charge in [0, 0.05) is 24.5 Å². The smallest absolute Gasteiger partial charge is 0.301 e. The zero-order chi connectivity index (χ0) is 18.2. The highest BCUT2D eigenvalue weighted by atomic mass is 79.9. The van der Waals surface area contributed by atoms with E-state index in [9.17, 15) is 24.8 Å². The number of alkyl halides is 1. The van der Waals surface area contributed by atoms with Gasteiger partial charge in [0.25, 0.3) is 11.4 Å². The third-order valence-corrected chi connectivity index (χ3v) is 5.03. The second-order valence-corrected chi connectivity index (χ2v) is 7.44. The summed E-state index contributed by atoms with van der Waals surface area (Å²) in [6, 6.07) is 3.22. The Bertz CT molecular complexity index is 632. The second-order valence-electron chi connectivity index (χ2n) is 4.66. The van der Waals surface area contributed by atoms with Crippen molar-refractivity contribution in [3.05, 3.63) is 44.0 Å². The molecule has 0 aliphatic heterocycles. The first-order valence-corrected chi connectivity index (χ1v) is 9.80. The largest absolute Gasteiger partial charge is 0.341 e. The molecule has 1 rings (SSSR count). The van der Waals surface area contributed by atoms with Crippen molar-refractivity contribution in [2.45, 2.75) is 20.0 Å². The summed E-state index contributed by atoms with van der Waals surface area (Å²) in [6.45, 7) is 2.38. The van der Waals surface area contributed by atoms with E-state index in [-0.39, 0.29) is 12.2 Å². The van der Waals surface area contributed by atoms with E-state index in [0.29, 0.717) is 18.4 Å². The number of benzene rings is 1. The van der Waals surface area contributed by atoms with Gasteiger partial charge in [0.1, 0.15) is 0 Å². The third kappa shape index (κ3) is 6.25. The van der Waals surface area contributed by atoms with Crippen LogP contribution in [0.3, 0.4) is 0 Å². The van der Waals surface area contributed by atoms with Crippen LogP contribution in [0.2, 0.25) is 0 Å². The molecule has 1 unspecified atom stereocenters. The summed E-state index contributed by atoms with van der Waals surface area (Å²) in [4.78, 5) is 20.4. The molecule has 1 atom stereocenters. The van der Waals surface area contributed by atoms with Crippen molar-refractivity contribution < 1.29 is 18.9 Å². The maximum absolute atomic E-state index is 12.6. The van der Waals surface area contributed by atoms with Crippen LogP contribution >= 0.6 is 23.6 Å². The van der Waals surface area contributed by atoms with Gasteiger partial charge in [-0.1, -0.05) is 22.9 Å². The lowest BCUT2D eigenvalue weighted by atomic mass is 10.2. The van der Waals surface area contributed by atoms with Crippen molar-refractivity contribution >= 4 is 35.0 Å². The summed E-state index contributed by atoms with van der Waals surface area (Å²) in [7, 11) is -3.39. The van der Waals surface area contributed by atoms with Gasteiger partial charge in [-0.3, -0.25) is 24.8 Å². The maximum Gasteiger partial charge on any atom is 0.341 e. The van der Waals surface area contributed by atoms with E-state index in [1.807, 2.05) is 6.92 Å². The Kier molecular flexibility index (Phi) is 8.43. The van der Waals surface area contributed by atoms with E-state index in [0.717, 1.165) is 18.6 Å². The third-order valence-electron chi connectivity index (χ3n) is 2.86. The summed E-state index contributed by atoms with van der Waals surface area (Å²) < 4.78 is 18.0. The summed E-state index contributed by atoms with van der Waals surface area (Å²) in [5.74, 6) is 0. The van der Waals surface area contributed by atoms with Crippen LogP contribution in [0.5, 0.6) is 0 Å². The molecule has 0 aromatic heterocycles. The Morgan fingerprint density at radius 2 is 1.88 bits per heavy atom. The van der Waals surface area contributed by atoms with Gasteiger partial charge in [0.15, 0.2) is 0 Å². The first-order valence-electron chi connectivity index (χ1n) is 7.05. The van der Waals surface area contributed by atoms with E-state index in [1.165, 1.54) is 6.07 Å². The predicted molar refractivity (Wildman–Crippen MR) is 92.2 cm³/mol. The highest BCUT2D eigenvalue weighted by Gasteiger charge is 2.25. The standard InChI is InChI=1S/C12H18BrN4O6P/c1-2-6-14-24(22,15-7-5-13)23-9-10-3-4-11(16(18)19)8-12(10)17(20)21/h3-4,8H,2,5-7,9H2,1H3,(H2,14,15,22). The Balaban J connectivity index is 2.95. The second kappa shape index (κ2) is 9.80. The SMILES string of the molecule is CCCNP(=O)(NCCBr)OCc1ccc([N+](=O)[O-])cc1[N+](=O)[O-]. The van der Waals surface area contributed by atoms with Crippen LogP contribution in [0.25, 0.3) is 0 Å². The summed E-state index contributed by atoms with van der Waals surface area (Å²) in [5.41, 5.74) is -0.744. The molecule has 24 heavy (non-hydrogen) atoms. The lowest BCUT2D eigenvalue weighted by Crippen LogP contribution is -2.26. The van der Waals surface area contributed by atoms with Crippen LogP contribution in [0.1, 0.15) is 18.9 Å². The highest BCUT2D eigenvalue weighted by molar-refractivity contribution is 9.09. The van der Waals surface area contributed by atoms with Crippen LogP contribution in [0, 0.1) is 20.2 Å². The van der Waals surface area contributed by atoms with E-state index >= 15 is 0 Å². The van der Waals surface area contributed by atoms with Crippen LogP contribution in [-0.4, -0.2) is 28.3 Å². The Hall–Kier alpha value is -1.39. The predicted octanol–water partition coefficient (Wildman–Crippen LogP) is 3.11. The fourth-order valence-electron chi connectivity index (χ4n) is 1.71. The molecular weight excluding hydrogens is 407 g/mol. The van der Waals surface area contributed by atoms with Crippen molar-refractivity contribution in [2.75, 3.05) is 18.4 Å². The molecule has 0 amide bonds. The molecule has 2 N–H and O–H groups in total. The highest BCUT2D eigenvalue weighted by Crippen LogP contribution is 2.39. The molecule has 0 saturated carbocycles. The molecule has 134 valence electrons. The molecule has 0 aliphatic rings. The Labute approximate surface area is 146 Å².